The van der Waals surface area contributed by atoms with Crippen LogP contribution in [0.1, 0.15) is 38.2 Å². The van der Waals surface area contributed by atoms with Crippen LogP contribution in [0.2, 0.25) is 0 Å². The second-order valence-corrected chi connectivity index (χ2v) is 5.94. The summed E-state index contributed by atoms with van der Waals surface area (Å²) in [5.74, 6) is -0.449. The quantitative estimate of drug-likeness (QED) is 0.614. The lowest BCUT2D eigenvalue weighted by Gasteiger charge is -2.11. The number of imidazole rings is 1. The number of carbonyl (C=O) groups excluding carboxylic acids is 2. The smallest absolute Gasteiger partial charge is 0.356 e. The first-order chi connectivity index (χ1) is 9.43. The van der Waals surface area contributed by atoms with Crippen LogP contribution < -0.4 is 0 Å². The molecule has 0 aromatic carbocycles. The van der Waals surface area contributed by atoms with Gasteiger partial charge in [0.1, 0.15) is 10.9 Å². The molecule has 112 valence electrons. The second-order valence-electron chi connectivity index (χ2n) is 4.61. The molecule has 0 aliphatic carbocycles. The van der Waals surface area contributed by atoms with Crippen LogP contribution >= 0.6 is 11.8 Å². The van der Waals surface area contributed by atoms with E-state index in [2.05, 4.69) is 9.97 Å². The number of aromatic amines is 1. The molecule has 0 saturated heterocycles. The minimum atomic E-state index is -0.457. The van der Waals surface area contributed by atoms with Gasteiger partial charge in [-0.25, -0.2) is 9.78 Å². The lowest BCUT2D eigenvalue weighted by atomic mass is 10.2. The first kappa shape index (κ1) is 16.6. The molecule has 7 heteroatoms. The number of ether oxygens (including phenoxy) is 2. The molecule has 1 aromatic rings. The molecule has 0 saturated carbocycles. The summed E-state index contributed by atoms with van der Waals surface area (Å²) in [6.45, 7) is 8.12. The largest absolute Gasteiger partial charge is 0.465 e. The number of nitrogens with zero attached hydrogens (tertiary/aromatic N) is 1. The van der Waals surface area contributed by atoms with Crippen LogP contribution in [0.5, 0.6) is 0 Å². The van der Waals surface area contributed by atoms with Crippen LogP contribution in [0.4, 0.5) is 0 Å². The van der Waals surface area contributed by atoms with E-state index >= 15 is 0 Å². The summed E-state index contributed by atoms with van der Waals surface area (Å²) in [4.78, 5) is 30.0. The van der Waals surface area contributed by atoms with Crippen molar-refractivity contribution in [1.29, 1.82) is 0 Å². The maximum atomic E-state index is 11.7. The van der Waals surface area contributed by atoms with Gasteiger partial charge in [0.2, 0.25) is 0 Å². The normalized spacial score (nSPS) is 12.2. The lowest BCUT2D eigenvalue weighted by Crippen LogP contribution is -2.19. The maximum absolute atomic E-state index is 11.7. The van der Waals surface area contributed by atoms with Crippen LogP contribution in [-0.4, -0.2) is 40.4 Å². The van der Waals surface area contributed by atoms with Crippen molar-refractivity contribution >= 4 is 23.7 Å². The Morgan fingerprint density at radius 2 is 2.05 bits per heavy atom. The highest BCUT2D eigenvalue weighted by atomic mass is 32.2. The molecular weight excluding hydrogens is 280 g/mol. The zero-order valence-corrected chi connectivity index (χ0v) is 13.0. The molecule has 0 radical (unpaired) electrons. The van der Waals surface area contributed by atoms with Crippen molar-refractivity contribution in [2.24, 2.45) is 5.92 Å². The fourth-order valence-electron chi connectivity index (χ4n) is 1.26. The van der Waals surface area contributed by atoms with Gasteiger partial charge in [0.25, 0.3) is 0 Å². The summed E-state index contributed by atoms with van der Waals surface area (Å²) in [6, 6.07) is 0. The van der Waals surface area contributed by atoms with Crippen molar-refractivity contribution in [3.05, 3.63) is 11.9 Å². The molecular formula is C13H20N2O4S. The number of nitrogens with one attached hydrogen (secondary N) is 1. The summed E-state index contributed by atoms with van der Waals surface area (Å²) >= 11 is 1.21. The Morgan fingerprint density at radius 1 is 1.35 bits per heavy atom. The zero-order chi connectivity index (χ0) is 15.1. The fourth-order valence-corrected chi connectivity index (χ4v) is 2.04. The van der Waals surface area contributed by atoms with Crippen LogP contribution in [0.3, 0.4) is 0 Å². The van der Waals surface area contributed by atoms with Gasteiger partial charge in [0, 0.05) is 0 Å². The Labute approximate surface area is 122 Å². The minimum absolute atomic E-state index is 0.275. The average Bonchev–Trinajstić information content (AvgIpc) is 2.84. The van der Waals surface area contributed by atoms with Crippen molar-refractivity contribution < 1.29 is 19.1 Å². The molecule has 0 fully saturated rings. The molecule has 1 heterocycles. The standard InChI is InChI=1S/C13H20N2O4S/c1-5-18-12(17)10-6-14-13(15-10)20-9(4)11(16)19-7-8(2)3/h6,8-9H,5,7H2,1-4H3,(H,14,15). The average molecular weight is 300 g/mol. The number of hydrogen-bond donors (Lipinski definition) is 1. The molecule has 0 spiro atoms. The Hall–Kier alpha value is -1.50. The fraction of sp³-hybridized carbons (Fsp3) is 0.615. The second kappa shape index (κ2) is 7.94. The van der Waals surface area contributed by atoms with Gasteiger partial charge in [0.15, 0.2) is 5.16 Å². The first-order valence-corrected chi connectivity index (χ1v) is 7.37. The van der Waals surface area contributed by atoms with E-state index in [1.54, 1.807) is 13.8 Å². The maximum Gasteiger partial charge on any atom is 0.356 e. The third-order valence-electron chi connectivity index (χ3n) is 2.23. The summed E-state index contributed by atoms with van der Waals surface area (Å²) in [6.07, 6.45) is 1.40. The van der Waals surface area contributed by atoms with E-state index in [-0.39, 0.29) is 11.7 Å². The lowest BCUT2D eigenvalue weighted by molar-refractivity contribution is -0.143. The molecule has 1 aromatic heterocycles. The monoisotopic (exact) mass is 300 g/mol. The minimum Gasteiger partial charge on any atom is -0.465 e. The molecule has 1 rings (SSSR count). The number of rotatable bonds is 7. The van der Waals surface area contributed by atoms with Gasteiger partial charge in [-0.2, -0.15) is 0 Å². The molecule has 1 atom stereocenters. The zero-order valence-electron chi connectivity index (χ0n) is 12.1. The van der Waals surface area contributed by atoms with Gasteiger partial charge in [-0.3, -0.25) is 4.79 Å². The summed E-state index contributed by atoms with van der Waals surface area (Å²) in [7, 11) is 0. The van der Waals surface area contributed by atoms with E-state index in [0.29, 0.717) is 24.3 Å². The molecule has 0 amide bonds. The van der Waals surface area contributed by atoms with Gasteiger partial charge < -0.3 is 14.5 Å². The Balaban J connectivity index is 2.51. The van der Waals surface area contributed by atoms with Crippen molar-refractivity contribution in [3.8, 4) is 0 Å². The van der Waals surface area contributed by atoms with Gasteiger partial charge in [-0.1, -0.05) is 25.6 Å². The molecule has 1 unspecified atom stereocenters. The van der Waals surface area contributed by atoms with E-state index in [9.17, 15) is 9.59 Å². The summed E-state index contributed by atoms with van der Waals surface area (Å²) in [5, 5.41) is 0.0944. The van der Waals surface area contributed by atoms with E-state index in [1.165, 1.54) is 18.0 Å². The number of hydrogen-bond acceptors (Lipinski definition) is 6. The van der Waals surface area contributed by atoms with E-state index in [4.69, 9.17) is 9.47 Å². The third kappa shape index (κ3) is 5.24. The summed E-state index contributed by atoms with van der Waals surface area (Å²) < 4.78 is 9.98. The van der Waals surface area contributed by atoms with Crippen LogP contribution in [-0.2, 0) is 14.3 Å². The van der Waals surface area contributed by atoms with Gasteiger partial charge in [-0.05, 0) is 19.8 Å². The van der Waals surface area contributed by atoms with E-state index < -0.39 is 11.2 Å². The molecule has 0 bridgehead atoms. The van der Waals surface area contributed by atoms with Crippen LogP contribution in [0.25, 0.3) is 0 Å². The number of esters is 2. The van der Waals surface area contributed by atoms with Crippen LogP contribution in [0.15, 0.2) is 11.4 Å². The van der Waals surface area contributed by atoms with E-state index in [0.717, 1.165) is 0 Å². The Bertz CT molecular complexity index is 459. The highest BCUT2D eigenvalue weighted by Crippen LogP contribution is 2.21. The van der Waals surface area contributed by atoms with Gasteiger partial charge in [0.05, 0.1) is 19.4 Å². The molecule has 20 heavy (non-hydrogen) atoms. The highest BCUT2D eigenvalue weighted by molar-refractivity contribution is 8.00. The first-order valence-electron chi connectivity index (χ1n) is 6.49. The molecule has 0 aliphatic rings. The number of aromatic nitrogens is 2. The topological polar surface area (TPSA) is 81.3 Å². The van der Waals surface area contributed by atoms with Gasteiger partial charge in [-0.15, -0.1) is 0 Å². The van der Waals surface area contributed by atoms with Crippen molar-refractivity contribution in [1.82, 2.24) is 9.97 Å². The predicted octanol–water partition coefficient (Wildman–Crippen LogP) is 2.27. The number of carbonyl (C=O) groups is 2. The number of thioether (sulfide) groups is 1. The predicted molar refractivity (Wildman–Crippen MR) is 75.7 cm³/mol. The van der Waals surface area contributed by atoms with Crippen LogP contribution in [0, 0.1) is 5.92 Å². The molecule has 6 nitrogen and oxygen atoms in total. The van der Waals surface area contributed by atoms with Crippen molar-refractivity contribution in [3.63, 3.8) is 0 Å². The highest BCUT2D eigenvalue weighted by Gasteiger charge is 2.19. The molecule has 1 N–H and O–H groups in total. The summed E-state index contributed by atoms with van der Waals surface area (Å²) in [5.41, 5.74) is 0.275. The third-order valence-corrected chi connectivity index (χ3v) is 3.20. The Morgan fingerprint density at radius 3 is 2.65 bits per heavy atom. The SMILES string of the molecule is CCOC(=O)c1cnc(SC(C)C(=O)OCC(C)C)[nH]1. The van der Waals surface area contributed by atoms with Crippen molar-refractivity contribution in [2.45, 2.75) is 38.1 Å². The molecule has 0 aliphatic heterocycles. The van der Waals surface area contributed by atoms with E-state index in [1.807, 2.05) is 13.8 Å². The Kier molecular flexibility index (Phi) is 6.57. The van der Waals surface area contributed by atoms with Gasteiger partial charge >= 0.3 is 11.9 Å². The van der Waals surface area contributed by atoms with Crippen molar-refractivity contribution in [2.75, 3.05) is 13.2 Å². The number of H-pyrrole nitrogens is 1.